The molecule has 3 aromatic carbocycles. The number of fused-ring (bicyclic) bond motifs is 1. The molecule has 6 N–H and O–H groups in total. The average Bonchev–Trinajstić information content (AvgIpc) is 2.96. The van der Waals surface area contributed by atoms with Crippen molar-refractivity contribution in [3.05, 3.63) is 88.6 Å². The number of hydrogen-bond donors (Lipinski definition) is 6. The summed E-state index contributed by atoms with van der Waals surface area (Å²) in [7, 11) is 0. The van der Waals surface area contributed by atoms with Crippen LogP contribution in [0.5, 0.6) is 23.0 Å². The minimum atomic E-state index is -1.76. The van der Waals surface area contributed by atoms with E-state index in [0.29, 0.717) is 11.1 Å². The van der Waals surface area contributed by atoms with Gasteiger partial charge in [-0.05, 0) is 48.0 Å². The Balaban J connectivity index is 1.33. The lowest BCUT2D eigenvalue weighted by Crippen LogP contribution is -2.61. The van der Waals surface area contributed by atoms with Crippen molar-refractivity contribution in [3.63, 3.8) is 0 Å². The van der Waals surface area contributed by atoms with Crippen LogP contribution in [0.3, 0.4) is 0 Å². The lowest BCUT2D eigenvalue weighted by atomic mass is 9.99. The minimum Gasteiger partial charge on any atom is -0.508 e. The van der Waals surface area contributed by atoms with Gasteiger partial charge >= 0.3 is 5.97 Å². The van der Waals surface area contributed by atoms with Crippen molar-refractivity contribution in [1.82, 2.24) is 0 Å². The third-order valence-electron chi connectivity index (χ3n) is 6.57. The molecule has 2 unspecified atom stereocenters. The van der Waals surface area contributed by atoms with Crippen LogP contribution in [0.15, 0.2) is 82.0 Å². The minimum absolute atomic E-state index is 0.0205. The van der Waals surface area contributed by atoms with Crippen LogP contribution in [0, 0.1) is 0 Å². The van der Waals surface area contributed by atoms with Gasteiger partial charge in [-0.15, -0.1) is 0 Å². The number of benzene rings is 3. The second-order valence-electron chi connectivity index (χ2n) is 9.49. The molecule has 5 rings (SSSR count). The van der Waals surface area contributed by atoms with Crippen molar-refractivity contribution >= 4 is 23.0 Å². The number of ether oxygens (including phenoxy) is 3. The van der Waals surface area contributed by atoms with Gasteiger partial charge in [0.1, 0.15) is 58.0 Å². The maximum Gasteiger partial charge on any atom is 0.331 e. The molecule has 1 fully saturated rings. The van der Waals surface area contributed by atoms with Crippen LogP contribution in [0.25, 0.3) is 28.4 Å². The van der Waals surface area contributed by atoms with Gasteiger partial charge in [-0.25, -0.2) is 4.79 Å². The van der Waals surface area contributed by atoms with Crippen molar-refractivity contribution < 1.29 is 54.1 Å². The molecule has 12 nitrogen and oxygen atoms in total. The van der Waals surface area contributed by atoms with Crippen molar-refractivity contribution in [3.8, 4) is 34.3 Å². The first-order valence-corrected chi connectivity index (χ1v) is 12.7. The topological polar surface area (TPSA) is 196 Å². The lowest BCUT2D eigenvalue weighted by molar-refractivity contribution is -0.280. The van der Waals surface area contributed by atoms with Crippen molar-refractivity contribution in [2.45, 2.75) is 30.7 Å². The Hall–Kier alpha value is -4.88. The Morgan fingerprint density at radius 3 is 2.24 bits per heavy atom. The SMILES string of the molecule is O=C(/C=C/c1ccc(O)cc1)O[C@@H]1C(CO)O[C@@H](Oc2cc(O)c3c(=O)cc(-c4ccc(O)cc4)oc3c2)C(O)[C@H]1O. The first kappa shape index (κ1) is 28.6. The van der Waals surface area contributed by atoms with Crippen LogP contribution in [0.1, 0.15) is 5.56 Å². The number of aliphatic hydroxyl groups is 3. The third-order valence-corrected chi connectivity index (χ3v) is 6.57. The van der Waals surface area contributed by atoms with Gasteiger partial charge in [0.15, 0.2) is 11.5 Å². The van der Waals surface area contributed by atoms with Gasteiger partial charge in [0.25, 0.3) is 0 Å². The largest absolute Gasteiger partial charge is 0.508 e. The van der Waals surface area contributed by atoms with Gasteiger partial charge < -0.3 is 49.3 Å². The molecule has 42 heavy (non-hydrogen) atoms. The van der Waals surface area contributed by atoms with E-state index in [2.05, 4.69) is 0 Å². The number of esters is 1. The first-order chi connectivity index (χ1) is 20.1. The number of hydrogen-bond acceptors (Lipinski definition) is 12. The summed E-state index contributed by atoms with van der Waals surface area (Å²) in [4.78, 5) is 25.1. The normalized spacial score (nSPS) is 22.3. The maximum absolute atomic E-state index is 12.7. The fourth-order valence-corrected chi connectivity index (χ4v) is 4.43. The Morgan fingerprint density at radius 2 is 1.57 bits per heavy atom. The summed E-state index contributed by atoms with van der Waals surface area (Å²) in [6, 6.07) is 15.4. The van der Waals surface area contributed by atoms with Gasteiger partial charge in [0.2, 0.25) is 6.29 Å². The number of aromatic hydroxyl groups is 3. The molecule has 0 saturated carbocycles. The predicted molar refractivity (Wildman–Crippen MR) is 147 cm³/mol. The molecule has 0 bridgehead atoms. The standard InChI is InChI=1S/C30H26O12/c31-14-24-29(42-25(36)10-3-15-1-6-17(32)7-2-15)27(37)28(38)30(41-24)39-19-11-20(34)26-21(35)13-22(40-23(26)12-19)16-4-8-18(33)9-5-16/h1-13,24,27-34,37-38H,14H2/b10-3+/t24?,27-,28?,29-,30-/m1/s1. The zero-order valence-electron chi connectivity index (χ0n) is 21.7. The second-order valence-corrected chi connectivity index (χ2v) is 9.49. The smallest absolute Gasteiger partial charge is 0.331 e. The van der Waals surface area contributed by atoms with E-state index in [9.17, 15) is 40.2 Å². The van der Waals surface area contributed by atoms with Crippen LogP contribution < -0.4 is 10.2 Å². The molecule has 0 radical (unpaired) electrons. The van der Waals surface area contributed by atoms with Crippen molar-refractivity contribution in [1.29, 1.82) is 0 Å². The Labute approximate surface area is 237 Å². The molecule has 1 aromatic heterocycles. The number of rotatable bonds is 7. The van der Waals surface area contributed by atoms with Crippen LogP contribution in [-0.4, -0.2) is 73.9 Å². The van der Waals surface area contributed by atoms with Crippen LogP contribution in [-0.2, 0) is 14.3 Å². The second kappa shape index (κ2) is 11.9. The Kier molecular flexibility index (Phi) is 8.13. The quantitative estimate of drug-likeness (QED) is 0.138. The molecule has 4 aromatic rings. The molecule has 0 amide bonds. The van der Waals surface area contributed by atoms with E-state index in [0.717, 1.165) is 12.1 Å². The average molecular weight is 579 g/mol. The van der Waals surface area contributed by atoms with Crippen LogP contribution in [0.2, 0.25) is 0 Å². The van der Waals surface area contributed by atoms with Gasteiger partial charge in [-0.3, -0.25) is 4.79 Å². The van der Waals surface area contributed by atoms with Gasteiger partial charge in [-0.1, -0.05) is 12.1 Å². The lowest BCUT2D eigenvalue weighted by Gasteiger charge is -2.41. The highest BCUT2D eigenvalue weighted by atomic mass is 16.7. The summed E-state index contributed by atoms with van der Waals surface area (Å²) in [6.07, 6.45) is -5.36. The van der Waals surface area contributed by atoms with Gasteiger partial charge in [-0.2, -0.15) is 0 Å². The molecular weight excluding hydrogens is 552 g/mol. The van der Waals surface area contributed by atoms with E-state index in [-0.39, 0.29) is 34.0 Å². The molecule has 1 saturated heterocycles. The van der Waals surface area contributed by atoms with E-state index in [4.69, 9.17) is 18.6 Å². The van der Waals surface area contributed by atoms with E-state index >= 15 is 0 Å². The number of phenolic OH excluding ortho intramolecular Hbond substituents is 3. The first-order valence-electron chi connectivity index (χ1n) is 12.7. The summed E-state index contributed by atoms with van der Waals surface area (Å²) in [5.41, 5.74) is 0.465. The summed E-state index contributed by atoms with van der Waals surface area (Å²) >= 11 is 0. The Bertz CT molecular complexity index is 1660. The molecule has 1 aliphatic rings. The highest BCUT2D eigenvalue weighted by Crippen LogP contribution is 2.33. The van der Waals surface area contributed by atoms with Gasteiger partial charge in [0.05, 0.1) is 6.61 Å². The molecular formula is C30H26O12. The monoisotopic (exact) mass is 578 g/mol. The highest BCUT2D eigenvalue weighted by Gasteiger charge is 2.47. The summed E-state index contributed by atoms with van der Waals surface area (Å²) < 4.78 is 22.3. The summed E-state index contributed by atoms with van der Waals surface area (Å²) in [5, 5.41) is 60.6. The van der Waals surface area contributed by atoms with Crippen molar-refractivity contribution in [2.75, 3.05) is 6.61 Å². The molecule has 5 atom stereocenters. The van der Waals surface area contributed by atoms with E-state index < -0.39 is 54.5 Å². The molecule has 0 spiro atoms. The fourth-order valence-electron chi connectivity index (χ4n) is 4.43. The van der Waals surface area contributed by atoms with E-state index in [1.165, 1.54) is 54.6 Å². The predicted octanol–water partition coefficient (Wildman–Crippen LogP) is 2.02. The Morgan fingerprint density at radius 1 is 0.905 bits per heavy atom. The fraction of sp³-hybridized carbons (Fsp3) is 0.200. The highest BCUT2D eigenvalue weighted by molar-refractivity contribution is 5.87. The number of carbonyl (C=O) groups excluding carboxylic acids is 1. The zero-order chi connectivity index (χ0) is 30.0. The molecule has 12 heteroatoms. The van der Waals surface area contributed by atoms with E-state index in [1.54, 1.807) is 12.1 Å². The summed E-state index contributed by atoms with van der Waals surface area (Å²) in [5.74, 6) is -1.25. The maximum atomic E-state index is 12.7. The molecule has 0 aliphatic carbocycles. The number of aliphatic hydroxyl groups excluding tert-OH is 3. The number of carbonyl (C=O) groups is 1. The van der Waals surface area contributed by atoms with Crippen molar-refractivity contribution in [2.24, 2.45) is 0 Å². The van der Waals surface area contributed by atoms with Gasteiger partial charge in [0, 0.05) is 29.8 Å². The molecule has 218 valence electrons. The molecule has 2 heterocycles. The van der Waals surface area contributed by atoms with E-state index in [1.807, 2.05) is 0 Å². The summed E-state index contributed by atoms with van der Waals surface area (Å²) in [6.45, 7) is -0.711. The van der Waals surface area contributed by atoms with Crippen LogP contribution in [0.4, 0.5) is 0 Å². The van der Waals surface area contributed by atoms with Crippen LogP contribution >= 0.6 is 0 Å². The zero-order valence-corrected chi connectivity index (χ0v) is 21.7. The number of phenols is 3. The third kappa shape index (κ3) is 6.06. The molecule has 1 aliphatic heterocycles.